The number of primary amides is 1. The van der Waals surface area contributed by atoms with Gasteiger partial charge in [0, 0.05) is 13.5 Å². The molecule has 0 aliphatic heterocycles. The third-order valence-electron chi connectivity index (χ3n) is 2.78. The molecule has 2 amide bonds. The van der Waals surface area contributed by atoms with Crippen LogP contribution in [0.3, 0.4) is 0 Å². The van der Waals surface area contributed by atoms with E-state index < -0.39 is 17.8 Å². The van der Waals surface area contributed by atoms with Crippen molar-refractivity contribution < 1.29 is 27.5 Å². The van der Waals surface area contributed by atoms with E-state index in [1.807, 2.05) is 0 Å². The first kappa shape index (κ1) is 21.8. The van der Waals surface area contributed by atoms with E-state index in [1.165, 1.54) is 12.1 Å². The van der Waals surface area contributed by atoms with E-state index in [-0.39, 0.29) is 12.0 Å². The Bertz CT molecular complexity index is 514. The summed E-state index contributed by atoms with van der Waals surface area (Å²) in [6.07, 6.45) is -3.48. The largest absolute Gasteiger partial charge is 0.447 e. The molecule has 0 aliphatic rings. The molecule has 3 N–H and O–H groups in total. The molecule has 8 heteroatoms. The molecule has 0 aromatic heterocycles. The monoisotopic (exact) mass is 348 g/mol. The SMILES string of the molecule is CC(C)OC(N)=O.CNC(=O)CCCc1ccc(C(F)(F)F)cc1. The van der Waals surface area contributed by atoms with Crippen LogP contribution in [0.15, 0.2) is 24.3 Å². The van der Waals surface area contributed by atoms with E-state index in [0.29, 0.717) is 19.3 Å². The van der Waals surface area contributed by atoms with Crippen molar-refractivity contribution in [2.45, 2.75) is 45.4 Å². The molecule has 0 saturated carbocycles. The summed E-state index contributed by atoms with van der Waals surface area (Å²) in [4.78, 5) is 20.7. The minimum Gasteiger partial charge on any atom is -0.447 e. The van der Waals surface area contributed by atoms with E-state index in [2.05, 4.69) is 15.8 Å². The van der Waals surface area contributed by atoms with Crippen molar-refractivity contribution in [2.24, 2.45) is 5.73 Å². The van der Waals surface area contributed by atoms with Gasteiger partial charge in [-0.15, -0.1) is 0 Å². The topological polar surface area (TPSA) is 81.4 Å². The van der Waals surface area contributed by atoms with Crippen LogP contribution >= 0.6 is 0 Å². The zero-order chi connectivity index (χ0) is 18.8. The lowest BCUT2D eigenvalue weighted by molar-refractivity contribution is -0.137. The number of benzene rings is 1. The fourth-order valence-corrected chi connectivity index (χ4v) is 1.67. The number of alkyl halides is 3. The van der Waals surface area contributed by atoms with Crippen LogP contribution in [0.2, 0.25) is 0 Å². The van der Waals surface area contributed by atoms with Gasteiger partial charge >= 0.3 is 12.3 Å². The number of ether oxygens (including phenoxy) is 1. The summed E-state index contributed by atoms with van der Waals surface area (Å²) in [7, 11) is 1.56. The number of carbonyl (C=O) groups excluding carboxylic acids is 2. The summed E-state index contributed by atoms with van der Waals surface area (Å²) in [5, 5.41) is 2.49. The van der Waals surface area contributed by atoms with Crippen LogP contribution < -0.4 is 11.1 Å². The average Bonchev–Trinajstić information content (AvgIpc) is 2.46. The molecule has 0 saturated heterocycles. The molecule has 1 aromatic rings. The maximum absolute atomic E-state index is 12.3. The summed E-state index contributed by atoms with van der Waals surface area (Å²) in [5.41, 5.74) is 4.79. The number of nitrogens with two attached hydrogens (primary N) is 1. The van der Waals surface area contributed by atoms with Crippen molar-refractivity contribution in [1.29, 1.82) is 0 Å². The summed E-state index contributed by atoms with van der Waals surface area (Å²) in [5.74, 6) is -0.0584. The molecule has 0 aliphatic carbocycles. The second-order valence-corrected chi connectivity index (χ2v) is 5.21. The molecule has 1 rings (SSSR count). The average molecular weight is 348 g/mol. The first-order valence-corrected chi connectivity index (χ1v) is 7.39. The Labute approximate surface area is 139 Å². The molecule has 136 valence electrons. The normalized spacial score (nSPS) is 10.6. The highest BCUT2D eigenvalue weighted by Crippen LogP contribution is 2.29. The summed E-state index contributed by atoms with van der Waals surface area (Å²) < 4.78 is 41.2. The van der Waals surface area contributed by atoms with Crippen LogP contribution in [-0.4, -0.2) is 25.2 Å². The Balaban J connectivity index is 0.000000640. The molecule has 0 fully saturated rings. The van der Waals surface area contributed by atoms with Gasteiger partial charge in [0.05, 0.1) is 11.7 Å². The maximum Gasteiger partial charge on any atom is 0.416 e. The quantitative estimate of drug-likeness (QED) is 0.857. The summed E-state index contributed by atoms with van der Waals surface area (Å²) >= 11 is 0. The molecule has 24 heavy (non-hydrogen) atoms. The minimum absolute atomic E-state index is 0.0584. The summed E-state index contributed by atoms with van der Waals surface area (Å²) in [6, 6.07) is 5.03. The second kappa shape index (κ2) is 10.5. The standard InChI is InChI=1S/C12H14F3NO.C4H9NO2/c1-16-11(17)4-2-3-9-5-7-10(8-6-9)12(13,14)15;1-3(2)7-4(5)6/h5-8H,2-4H2,1H3,(H,16,17);3H,1-2H3,(H2,5,6). The van der Waals surface area contributed by atoms with Gasteiger partial charge < -0.3 is 15.8 Å². The number of rotatable bonds is 5. The number of amides is 2. The zero-order valence-electron chi connectivity index (χ0n) is 13.9. The van der Waals surface area contributed by atoms with Gasteiger partial charge in [-0.3, -0.25) is 4.79 Å². The predicted octanol–water partition coefficient (Wildman–Crippen LogP) is 3.26. The van der Waals surface area contributed by atoms with Crippen molar-refractivity contribution in [3.05, 3.63) is 35.4 Å². The molecule has 0 radical (unpaired) electrons. The number of hydrogen-bond donors (Lipinski definition) is 2. The van der Waals surface area contributed by atoms with Gasteiger partial charge in [-0.2, -0.15) is 13.2 Å². The third-order valence-corrected chi connectivity index (χ3v) is 2.78. The van der Waals surface area contributed by atoms with Gasteiger partial charge in [0.25, 0.3) is 0 Å². The van der Waals surface area contributed by atoms with Crippen LogP contribution in [0.4, 0.5) is 18.0 Å². The van der Waals surface area contributed by atoms with Crippen molar-refractivity contribution in [3.8, 4) is 0 Å². The maximum atomic E-state index is 12.3. The minimum atomic E-state index is -4.29. The molecular weight excluding hydrogens is 325 g/mol. The Kier molecular flexibility index (Phi) is 9.53. The van der Waals surface area contributed by atoms with Gasteiger partial charge in [0.2, 0.25) is 5.91 Å². The first-order valence-electron chi connectivity index (χ1n) is 7.39. The molecule has 0 heterocycles. The fourth-order valence-electron chi connectivity index (χ4n) is 1.67. The first-order chi connectivity index (χ1) is 11.1. The lowest BCUT2D eigenvalue weighted by atomic mass is 10.1. The molecule has 5 nitrogen and oxygen atoms in total. The smallest absolute Gasteiger partial charge is 0.416 e. The van der Waals surface area contributed by atoms with Crippen molar-refractivity contribution in [3.63, 3.8) is 0 Å². The molecular formula is C16H23F3N2O3. The van der Waals surface area contributed by atoms with E-state index in [1.54, 1.807) is 20.9 Å². The van der Waals surface area contributed by atoms with E-state index in [9.17, 15) is 22.8 Å². The molecule has 0 unspecified atom stereocenters. The van der Waals surface area contributed by atoms with Crippen LogP contribution in [0.1, 0.15) is 37.8 Å². The van der Waals surface area contributed by atoms with Crippen LogP contribution in [0.5, 0.6) is 0 Å². The highest BCUT2D eigenvalue weighted by Gasteiger charge is 2.29. The third kappa shape index (κ3) is 10.5. The zero-order valence-corrected chi connectivity index (χ0v) is 13.9. The van der Waals surface area contributed by atoms with Crippen molar-refractivity contribution in [1.82, 2.24) is 5.32 Å². The highest BCUT2D eigenvalue weighted by atomic mass is 19.4. The van der Waals surface area contributed by atoms with Gasteiger partial charge in [0.1, 0.15) is 0 Å². The number of halogens is 3. The second-order valence-electron chi connectivity index (χ2n) is 5.21. The molecule has 0 spiro atoms. The van der Waals surface area contributed by atoms with Gasteiger partial charge in [-0.05, 0) is 44.4 Å². The Morgan fingerprint density at radius 2 is 1.75 bits per heavy atom. The van der Waals surface area contributed by atoms with Crippen LogP contribution in [-0.2, 0) is 22.1 Å². The van der Waals surface area contributed by atoms with Crippen molar-refractivity contribution >= 4 is 12.0 Å². The van der Waals surface area contributed by atoms with E-state index >= 15 is 0 Å². The van der Waals surface area contributed by atoms with E-state index in [4.69, 9.17) is 0 Å². The fraction of sp³-hybridized carbons (Fsp3) is 0.500. The van der Waals surface area contributed by atoms with Gasteiger partial charge in [-0.25, -0.2) is 4.79 Å². The van der Waals surface area contributed by atoms with Gasteiger partial charge in [-0.1, -0.05) is 12.1 Å². The Hall–Kier alpha value is -2.25. The number of carbonyl (C=O) groups is 2. The Morgan fingerprint density at radius 1 is 1.21 bits per heavy atom. The van der Waals surface area contributed by atoms with E-state index in [0.717, 1.165) is 17.7 Å². The molecule has 1 aromatic carbocycles. The van der Waals surface area contributed by atoms with Crippen LogP contribution in [0, 0.1) is 0 Å². The highest BCUT2D eigenvalue weighted by molar-refractivity contribution is 5.75. The van der Waals surface area contributed by atoms with Crippen LogP contribution in [0.25, 0.3) is 0 Å². The number of nitrogens with one attached hydrogen (secondary N) is 1. The molecule has 0 bridgehead atoms. The lowest BCUT2D eigenvalue weighted by Gasteiger charge is -2.07. The lowest BCUT2D eigenvalue weighted by Crippen LogP contribution is -2.17. The summed E-state index contributed by atoms with van der Waals surface area (Å²) in [6.45, 7) is 3.48. The number of hydrogen-bond acceptors (Lipinski definition) is 3. The number of aryl methyl sites for hydroxylation is 1. The van der Waals surface area contributed by atoms with Crippen molar-refractivity contribution in [2.75, 3.05) is 7.05 Å². The Morgan fingerprint density at radius 3 is 2.08 bits per heavy atom. The predicted molar refractivity (Wildman–Crippen MR) is 84.3 cm³/mol. The molecule has 0 atom stereocenters. The van der Waals surface area contributed by atoms with Gasteiger partial charge in [0.15, 0.2) is 0 Å².